The summed E-state index contributed by atoms with van der Waals surface area (Å²) in [5.41, 5.74) is 0.229. The molecule has 0 N–H and O–H groups in total. The number of halogens is 2. The van der Waals surface area contributed by atoms with Crippen molar-refractivity contribution in [3.63, 3.8) is 0 Å². The van der Waals surface area contributed by atoms with E-state index in [1.807, 2.05) is 0 Å². The van der Waals surface area contributed by atoms with Crippen molar-refractivity contribution in [1.29, 1.82) is 5.26 Å². The van der Waals surface area contributed by atoms with E-state index in [-0.39, 0.29) is 17.6 Å². The van der Waals surface area contributed by atoms with Crippen molar-refractivity contribution >= 4 is 29.1 Å². The summed E-state index contributed by atoms with van der Waals surface area (Å²) < 4.78 is 5.43. The Hall–Kier alpha value is -1.28. The summed E-state index contributed by atoms with van der Waals surface area (Å²) in [7, 11) is 0. The zero-order valence-electron chi connectivity index (χ0n) is 10.6. The number of benzene rings is 1. The predicted molar refractivity (Wildman–Crippen MR) is 74.8 cm³/mol. The van der Waals surface area contributed by atoms with Crippen LogP contribution < -0.4 is 0 Å². The van der Waals surface area contributed by atoms with Gasteiger partial charge in [0.25, 0.3) is 5.91 Å². The smallest absolute Gasteiger partial charge is 0.253 e. The first-order valence-electron chi connectivity index (χ1n) is 6.37. The highest BCUT2D eigenvalue weighted by Gasteiger charge is 2.58. The zero-order valence-corrected chi connectivity index (χ0v) is 12.1. The van der Waals surface area contributed by atoms with Gasteiger partial charge in [0.2, 0.25) is 0 Å². The lowest BCUT2D eigenvalue weighted by Crippen LogP contribution is -2.42. The molecule has 2 aliphatic rings. The predicted octanol–water partition coefficient (Wildman–Crippen LogP) is 2.89. The Morgan fingerprint density at radius 1 is 1.35 bits per heavy atom. The number of nitriles is 1. The molecule has 0 aromatic heterocycles. The standard InChI is InChI=1S/C14H12Cl2N2O2/c15-10-2-1-9(7-11(10)16)13(19)18-5-3-14(4-6-18)12(8-17)20-14/h1-2,7,12H,3-6H2. The van der Waals surface area contributed by atoms with Gasteiger partial charge in [-0.1, -0.05) is 23.2 Å². The zero-order chi connectivity index (χ0) is 14.3. The maximum atomic E-state index is 12.4. The summed E-state index contributed by atoms with van der Waals surface area (Å²) in [6.45, 7) is 1.19. The molecule has 0 bridgehead atoms. The van der Waals surface area contributed by atoms with Crippen LogP contribution in [0.5, 0.6) is 0 Å². The van der Waals surface area contributed by atoms with Crippen molar-refractivity contribution in [2.45, 2.75) is 24.5 Å². The number of nitrogens with zero attached hydrogens (tertiary/aromatic N) is 2. The van der Waals surface area contributed by atoms with E-state index >= 15 is 0 Å². The number of likely N-dealkylation sites (tertiary alicyclic amines) is 1. The summed E-state index contributed by atoms with van der Waals surface area (Å²) in [5.74, 6) is -0.0624. The van der Waals surface area contributed by atoms with Gasteiger partial charge in [-0.25, -0.2) is 0 Å². The van der Waals surface area contributed by atoms with Crippen molar-refractivity contribution < 1.29 is 9.53 Å². The topological polar surface area (TPSA) is 56.6 Å². The third kappa shape index (κ3) is 2.26. The second-order valence-electron chi connectivity index (χ2n) is 5.11. The van der Waals surface area contributed by atoms with Crippen LogP contribution in [0.1, 0.15) is 23.2 Å². The maximum absolute atomic E-state index is 12.4. The van der Waals surface area contributed by atoms with E-state index < -0.39 is 0 Å². The van der Waals surface area contributed by atoms with E-state index in [1.165, 1.54) is 0 Å². The van der Waals surface area contributed by atoms with Crippen molar-refractivity contribution in [2.75, 3.05) is 13.1 Å². The minimum absolute atomic E-state index is 0.0624. The molecule has 2 heterocycles. The molecule has 0 saturated carbocycles. The Balaban J connectivity index is 1.68. The molecule has 2 aliphatic heterocycles. The van der Waals surface area contributed by atoms with Gasteiger partial charge in [0.1, 0.15) is 5.60 Å². The minimum Gasteiger partial charge on any atom is -0.350 e. The van der Waals surface area contributed by atoms with Gasteiger partial charge in [0.15, 0.2) is 6.10 Å². The summed E-state index contributed by atoms with van der Waals surface area (Å²) in [6.07, 6.45) is 1.11. The first-order chi connectivity index (χ1) is 9.55. The average molecular weight is 311 g/mol. The number of carbonyl (C=O) groups excluding carboxylic acids is 1. The quantitative estimate of drug-likeness (QED) is 0.749. The molecule has 4 nitrogen and oxygen atoms in total. The van der Waals surface area contributed by atoms with Crippen LogP contribution in [0.4, 0.5) is 0 Å². The minimum atomic E-state index is -0.302. The van der Waals surface area contributed by atoms with Crippen molar-refractivity contribution in [1.82, 2.24) is 4.90 Å². The van der Waals surface area contributed by atoms with Crippen LogP contribution >= 0.6 is 23.2 Å². The van der Waals surface area contributed by atoms with Crippen LogP contribution in [0.25, 0.3) is 0 Å². The van der Waals surface area contributed by atoms with Crippen molar-refractivity contribution in [3.8, 4) is 6.07 Å². The summed E-state index contributed by atoms with van der Waals surface area (Å²) in [5, 5.41) is 9.66. The lowest BCUT2D eigenvalue weighted by Gasteiger charge is -2.30. The highest BCUT2D eigenvalue weighted by atomic mass is 35.5. The Kier molecular flexibility index (Phi) is 3.37. The number of piperidine rings is 1. The molecule has 3 rings (SSSR count). The van der Waals surface area contributed by atoms with Gasteiger partial charge in [-0.2, -0.15) is 5.26 Å². The average Bonchev–Trinajstić information content (AvgIpc) is 3.15. The highest BCUT2D eigenvalue weighted by molar-refractivity contribution is 6.42. The monoisotopic (exact) mass is 310 g/mol. The molecule has 1 spiro atoms. The second kappa shape index (κ2) is 4.92. The molecular weight excluding hydrogens is 299 g/mol. The number of epoxide rings is 1. The molecule has 1 aromatic carbocycles. The molecule has 1 aromatic rings. The number of carbonyl (C=O) groups is 1. The van der Waals surface area contributed by atoms with Crippen LogP contribution in [0.3, 0.4) is 0 Å². The van der Waals surface area contributed by atoms with Gasteiger partial charge in [-0.05, 0) is 31.0 Å². The van der Waals surface area contributed by atoms with Crippen LogP contribution in [-0.4, -0.2) is 35.6 Å². The largest absolute Gasteiger partial charge is 0.350 e. The van der Waals surface area contributed by atoms with Crippen LogP contribution in [0.2, 0.25) is 10.0 Å². The van der Waals surface area contributed by atoms with E-state index in [9.17, 15) is 4.79 Å². The van der Waals surface area contributed by atoms with Crippen LogP contribution in [-0.2, 0) is 4.74 Å². The fourth-order valence-corrected chi connectivity index (χ4v) is 2.92. The van der Waals surface area contributed by atoms with Gasteiger partial charge >= 0.3 is 0 Å². The number of rotatable bonds is 1. The molecule has 104 valence electrons. The fraction of sp³-hybridized carbons (Fsp3) is 0.429. The number of hydrogen-bond acceptors (Lipinski definition) is 3. The molecule has 2 saturated heterocycles. The number of ether oxygens (including phenoxy) is 1. The molecule has 2 fully saturated rings. The lowest BCUT2D eigenvalue weighted by atomic mass is 9.93. The van der Waals surface area contributed by atoms with Crippen LogP contribution in [0.15, 0.2) is 18.2 Å². The first kappa shape index (κ1) is 13.7. The van der Waals surface area contributed by atoms with E-state index in [4.69, 9.17) is 33.2 Å². The Labute approximate surface area is 126 Å². The van der Waals surface area contributed by atoms with E-state index in [0.717, 1.165) is 0 Å². The van der Waals surface area contributed by atoms with Gasteiger partial charge < -0.3 is 9.64 Å². The third-order valence-electron chi connectivity index (χ3n) is 3.95. The normalized spacial score (nSPS) is 23.4. The molecule has 6 heteroatoms. The molecule has 1 unspecified atom stereocenters. The summed E-state index contributed by atoms with van der Waals surface area (Å²) in [4.78, 5) is 14.1. The summed E-state index contributed by atoms with van der Waals surface area (Å²) >= 11 is 11.8. The Morgan fingerprint density at radius 3 is 2.60 bits per heavy atom. The van der Waals surface area contributed by atoms with Crippen molar-refractivity contribution in [3.05, 3.63) is 33.8 Å². The first-order valence-corrected chi connectivity index (χ1v) is 7.13. The second-order valence-corrected chi connectivity index (χ2v) is 5.93. The van der Waals surface area contributed by atoms with E-state index in [0.29, 0.717) is 41.5 Å². The third-order valence-corrected chi connectivity index (χ3v) is 4.69. The molecule has 20 heavy (non-hydrogen) atoms. The number of amides is 1. The Morgan fingerprint density at radius 2 is 2.05 bits per heavy atom. The van der Waals surface area contributed by atoms with Crippen LogP contribution in [0, 0.1) is 11.3 Å². The van der Waals surface area contributed by atoms with Crippen molar-refractivity contribution in [2.24, 2.45) is 0 Å². The van der Waals surface area contributed by atoms with E-state index in [2.05, 4.69) is 6.07 Å². The summed E-state index contributed by atoms with van der Waals surface area (Å²) in [6, 6.07) is 7.01. The highest BCUT2D eigenvalue weighted by Crippen LogP contribution is 2.45. The van der Waals surface area contributed by atoms with Gasteiger partial charge in [0.05, 0.1) is 16.1 Å². The van der Waals surface area contributed by atoms with E-state index in [1.54, 1.807) is 23.1 Å². The molecule has 1 atom stereocenters. The molecule has 0 aliphatic carbocycles. The lowest BCUT2D eigenvalue weighted by molar-refractivity contribution is 0.0663. The Bertz CT molecular complexity index is 604. The molecule has 1 amide bonds. The van der Waals surface area contributed by atoms with Gasteiger partial charge in [-0.3, -0.25) is 4.79 Å². The fourth-order valence-electron chi connectivity index (χ4n) is 2.62. The molecule has 0 radical (unpaired) electrons. The van der Waals surface area contributed by atoms with Gasteiger partial charge in [0, 0.05) is 18.7 Å². The molecular formula is C14H12Cl2N2O2. The SMILES string of the molecule is N#CC1OC12CCN(C(=O)c1ccc(Cl)c(Cl)c1)CC2. The maximum Gasteiger partial charge on any atom is 0.253 e. The number of hydrogen-bond donors (Lipinski definition) is 0. The van der Waals surface area contributed by atoms with Gasteiger partial charge in [-0.15, -0.1) is 0 Å².